The van der Waals surface area contributed by atoms with Crippen LogP contribution < -0.4 is 10.2 Å². The number of ether oxygens (including phenoxy) is 2. The van der Waals surface area contributed by atoms with E-state index in [1.54, 1.807) is 24.3 Å². The number of hydrogen-bond acceptors (Lipinski definition) is 9. The monoisotopic (exact) mass is 416 g/mol. The lowest BCUT2D eigenvalue weighted by atomic mass is 9.99. The fourth-order valence-electron chi connectivity index (χ4n) is 3.31. The second kappa shape index (κ2) is 8.05. The number of aliphatic hydroxyl groups is 4. The van der Waals surface area contributed by atoms with Crippen molar-refractivity contribution in [1.82, 2.24) is 0 Å². The predicted molar refractivity (Wildman–Crippen MR) is 103 cm³/mol. The van der Waals surface area contributed by atoms with Crippen molar-refractivity contribution in [3.05, 3.63) is 58.8 Å². The Morgan fingerprint density at radius 3 is 2.33 bits per heavy atom. The molecule has 0 bridgehead atoms. The summed E-state index contributed by atoms with van der Waals surface area (Å²) in [4.78, 5) is 12.2. The maximum absolute atomic E-state index is 12.2. The van der Waals surface area contributed by atoms with Gasteiger partial charge in [-0.15, -0.1) is 0 Å². The van der Waals surface area contributed by atoms with Gasteiger partial charge in [0.2, 0.25) is 6.29 Å². The lowest BCUT2D eigenvalue weighted by Crippen LogP contribution is -2.60. The van der Waals surface area contributed by atoms with E-state index in [9.17, 15) is 30.3 Å². The van der Waals surface area contributed by atoms with E-state index < -0.39 is 42.7 Å². The first kappa shape index (κ1) is 20.3. The highest BCUT2D eigenvalue weighted by Gasteiger charge is 2.45. The summed E-state index contributed by atoms with van der Waals surface area (Å²) in [6, 6.07) is 12.1. The molecule has 0 saturated carbocycles. The topological polar surface area (TPSA) is 150 Å². The summed E-state index contributed by atoms with van der Waals surface area (Å²) in [5.41, 5.74) is 0.671. The number of aromatic hydroxyl groups is 1. The number of aliphatic hydroxyl groups excluding tert-OH is 4. The number of fused-ring (bicyclic) bond motifs is 1. The summed E-state index contributed by atoms with van der Waals surface area (Å²) in [6.07, 6.45) is -7.30. The minimum Gasteiger partial charge on any atom is -0.508 e. The van der Waals surface area contributed by atoms with Gasteiger partial charge in [-0.3, -0.25) is 4.79 Å². The first-order valence-corrected chi connectivity index (χ1v) is 9.22. The summed E-state index contributed by atoms with van der Waals surface area (Å²) >= 11 is 0. The third-order valence-electron chi connectivity index (χ3n) is 4.94. The van der Waals surface area contributed by atoms with E-state index in [1.807, 2.05) is 0 Å². The zero-order valence-electron chi connectivity index (χ0n) is 15.6. The van der Waals surface area contributed by atoms with Crippen LogP contribution in [0.5, 0.6) is 11.5 Å². The number of benzene rings is 2. The molecule has 2 heterocycles. The molecule has 2 aliphatic heterocycles. The lowest BCUT2D eigenvalue weighted by molar-refractivity contribution is -0.277. The Morgan fingerprint density at radius 2 is 1.63 bits per heavy atom. The van der Waals surface area contributed by atoms with Gasteiger partial charge in [-0.05, 0) is 36.4 Å². The van der Waals surface area contributed by atoms with Gasteiger partial charge < -0.3 is 39.4 Å². The molecule has 1 aromatic carbocycles. The summed E-state index contributed by atoms with van der Waals surface area (Å²) < 4.78 is 16.8. The summed E-state index contributed by atoms with van der Waals surface area (Å²) in [6.45, 7) is -0.599. The maximum atomic E-state index is 12.2. The van der Waals surface area contributed by atoms with Crippen LogP contribution in [0, 0.1) is 0 Å². The Kier molecular flexibility index (Phi) is 5.46. The minimum absolute atomic E-state index is 0.0443. The van der Waals surface area contributed by atoms with Gasteiger partial charge in [-0.1, -0.05) is 0 Å². The molecule has 9 heteroatoms. The lowest BCUT2D eigenvalue weighted by Gasteiger charge is -2.39. The largest absolute Gasteiger partial charge is 0.508 e. The molecular weight excluding hydrogens is 396 g/mol. The molecular formula is C21H20O9. The second-order valence-electron chi connectivity index (χ2n) is 6.99. The average Bonchev–Trinajstić information content (AvgIpc) is 2.74. The molecule has 30 heavy (non-hydrogen) atoms. The average molecular weight is 416 g/mol. The number of rotatable bonds is 4. The van der Waals surface area contributed by atoms with E-state index in [0.29, 0.717) is 16.9 Å². The van der Waals surface area contributed by atoms with Crippen LogP contribution in [0.1, 0.15) is 0 Å². The molecule has 5 N–H and O–H groups in total. The molecule has 9 nitrogen and oxygen atoms in total. The van der Waals surface area contributed by atoms with Crippen LogP contribution in [-0.2, 0) is 4.74 Å². The standard InChI is InChI=1S/C21H20O9/c22-9-17-18(25)19(26)20(27)21(30-17)29-16-8-12(24)7-15-13(16)5-6-14(28-15)10-1-3-11(23)4-2-10/h1-8,17-23,25-27H,9H2/t17-,18-,19+,20-,21-/m1/s1. The molecule has 158 valence electrons. The Labute approximate surface area is 170 Å². The van der Waals surface area contributed by atoms with Crippen molar-refractivity contribution in [1.29, 1.82) is 0 Å². The van der Waals surface area contributed by atoms with Gasteiger partial charge in [0.1, 0.15) is 47.4 Å². The van der Waals surface area contributed by atoms with Gasteiger partial charge in [0, 0.05) is 17.7 Å². The summed E-state index contributed by atoms with van der Waals surface area (Å²) in [5.74, 6) is 0.819. The van der Waals surface area contributed by atoms with E-state index in [2.05, 4.69) is 0 Å². The van der Waals surface area contributed by atoms with Crippen LogP contribution in [-0.4, -0.2) is 62.8 Å². The molecule has 0 aromatic heterocycles. The molecule has 0 spiro atoms. The third-order valence-corrected chi connectivity index (χ3v) is 4.94. The highest BCUT2D eigenvalue weighted by Crippen LogP contribution is 2.36. The smallest absolute Gasteiger partial charge is 0.229 e. The molecule has 1 fully saturated rings. The van der Waals surface area contributed by atoms with Crippen LogP contribution in [0.2, 0.25) is 0 Å². The van der Waals surface area contributed by atoms with E-state index in [1.165, 1.54) is 24.3 Å². The second-order valence-corrected chi connectivity index (χ2v) is 6.99. The Hall–Kier alpha value is -2.95. The highest BCUT2D eigenvalue weighted by molar-refractivity contribution is 5.70. The van der Waals surface area contributed by atoms with Crippen molar-refractivity contribution in [2.45, 2.75) is 30.7 Å². The summed E-state index contributed by atoms with van der Waals surface area (Å²) in [5, 5.41) is 48.7. The van der Waals surface area contributed by atoms with Gasteiger partial charge in [0.05, 0.1) is 12.2 Å². The van der Waals surface area contributed by atoms with Crippen LogP contribution in [0.3, 0.4) is 0 Å². The van der Waals surface area contributed by atoms with Gasteiger partial charge in [0.25, 0.3) is 0 Å². The molecule has 5 atom stereocenters. The van der Waals surface area contributed by atoms with Gasteiger partial charge in [0.15, 0.2) is 5.43 Å². The first-order chi connectivity index (χ1) is 14.4. The first-order valence-electron chi connectivity index (χ1n) is 9.22. The predicted octanol–water partition coefficient (Wildman–Crippen LogP) is 0.296. The summed E-state index contributed by atoms with van der Waals surface area (Å²) in [7, 11) is 0. The number of phenols is 1. The van der Waals surface area contributed by atoms with Gasteiger partial charge >= 0.3 is 0 Å². The highest BCUT2D eigenvalue weighted by atomic mass is 16.7. The van der Waals surface area contributed by atoms with Crippen LogP contribution >= 0.6 is 0 Å². The molecule has 3 aliphatic rings. The normalized spacial score (nSPS) is 26.6. The molecule has 0 unspecified atom stereocenters. The van der Waals surface area contributed by atoms with Crippen molar-refractivity contribution in [2.75, 3.05) is 6.61 Å². The zero-order chi connectivity index (χ0) is 21.4. The van der Waals surface area contributed by atoms with E-state index in [4.69, 9.17) is 13.9 Å². The van der Waals surface area contributed by atoms with Crippen molar-refractivity contribution in [3.63, 3.8) is 0 Å². The SMILES string of the molecule is O=c1cc2oc(-c3ccc(O)cc3)ccc-2c(O[C@@H]2O[C@H](CO)[C@@H](O)[C@H](O)[C@H]2O)c1. The molecule has 1 saturated heterocycles. The van der Waals surface area contributed by atoms with Crippen molar-refractivity contribution in [2.24, 2.45) is 0 Å². The van der Waals surface area contributed by atoms with E-state index >= 15 is 0 Å². The minimum atomic E-state index is -1.61. The molecule has 1 aliphatic carbocycles. The zero-order valence-corrected chi connectivity index (χ0v) is 15.6. The van der Waals surface area contributed by atoms with Crippen LogP contribution in [0.25, 0.3) is 22.6 Å². The van der Waals surface area contributed by atoms with Crippen molar-refractivity contribution < 1.29 is 39.4 Å². The fraction of sp³-hybridized carbons (Fsp3) is 0.286. The molecule has 4 rings (SSSR count). The van der Waals surface area contributed by atoms with Crippen LogP contribution in [0.15, 0.2) is 57.7 Å². The van der Waals surface area contributed by atoms with E-state index in [-0.39, 0.29) is 17.3 Å². The van der Waals surface area contributed by atoms with Crippen molar-refractivity contribution >= 4 is 0 Å². The van der Waals surface area contributed by atoms with Crippen LogP contribution in [0.4, 0.5) is 0 Å². The Morgan fingerprint density at radius 1 is 0.900 bits per heavy atom. The van der Waals surface area contributed by atoms with Gasteiger partial charge in [-0.25, -0.2) is 0 Å². The molecule has 0 amide bonds. The fourth-order valence-corrected chi connectivity index (χ4v) is 3.31. The maximum Gasteiger partial charge on any atom is 0.229 e. The number of hydrogen-bond donors (Lipinski definition) is 5. The molecule has 1 aromatic rings. The Balaban J connectivity index is 1.68. The quantitative estimate of drug-likeness (QED) is 0.404. The van der Waals surface area contributed by atoms with Gasteiger partial charge in [-0.2, -0.15) is 0 Å². The third kappa shape index (κ3) is 3.76. The Bertz CT molecular complexity index is 1040. The van der Waals surface area contributed by atoms with E-state index in [0.717, 1.165) is 0 Å². The van der Waals surface area contributed by atoms with Crippen molar-refractivity contribution in [3.8, 4) is 34.1 Å². The number of phenolic OH excluding ortho intramolecular Hbond substituents is 1. The molecule has 0 radical (unpaired) electrons.